The summed E-state index contributed by atoms with van der Waals surface area (Å²) in [5.74, 6) is 0.221. The third kappa shape index (κ3) is 36.3. The number of carbonyl (C=O) groups is 3. The molecule has 0 radical (unpaired) electrons. The number of alkyl halides is 10. The summed E-state index contributed by atoms with van der Waals surface area (Å²) >= 11 is 27.6. The van der Waals surface area contributed by atoms with Gasteiger partial charge in [-0.2, -0.15) is 21.6 Å². The number of aliphatic hydroxyl groups is 2. The minimum absolute atomic E-state index is 0. The predicted molar refractivity (Wildman–Crippen MR) is 473 cm³/mol. The Kier molecular flexibility index (Phi) is 48.6. The smallest absolute Gasteiger partial charge is 0.870 e. The quantitative estimate of drug-likeness (QED) is 0.0138. The van der Waals surface area contributed by atoms with Gasteiger partial charge in [0, 0.05) is 18.0 Å². The van der Waals surface area contributed by atoms with E-state index in [4.69, 9.17) is 109 Å². The second kappa shape index (κ2) is 55.5. The summed E-state index contributed by atoms with van der Waals surface area (Å²) in [4.78, 5) is 32.0. The second-order valence-corrected chi connectivity index (χ2v) is 38.8. The van der Waals surface area contributed by atoms with E-state index in [9.17, 15) is 67.8 Å². The molecule has 7 aliphatic heterocycles. The molecule has 0 aromatic heterocycles. The topological polar surface area (TPSA) is 274 Å². The van der Waals surface area contributed by atoms with Gasteiger partial charge in [0.15, 0.2) is 0 Å². The summed E-state index contributed by atoms with van der Waals surface area (Å²) in [6.45, 7) is 13.2. The van der Waals surface area contributed by atoms with E-state index >= 15 is 0 Å². The molecule has 6 fully saturated rings. The summed E-state index contributed by atoms with van der Waals surface area (Å²) in [6.07, 6.45) is 19.7. The van der Waals surface area contributed by atoms with E-state index in [0.717, 1.165) is 103 Å². The van der Waals surface area contributed by atoms with Crippen LogP contribution in [0.1, 0.15) is 296 Å². The molecular weight excluding hydrogens is 1870 g/mol. The zero-order chi connectivity index (χ0) is 94.5. The van der Waals surface area contributed by atoms with Crippen molar-refractivity contribution in [2.75, 3.05) is 58.1 Å². The van der Waals surface area contributed by atoms with Crippen LogP contribution >= 0.6 is 58.0 Å². The van der Waals surface area contributed by atoms with Crippen molar-refractivity contribution in [3.63, 3.8) is 0 Å². The number of aliphatic hydroxyl groups excluding tert-OH is 2. The first-order valence-electron chi connectivity index (χ1n) is 43.6. The van der Waals surface area contributed by atoms with Crippen LogP contribution in [0, 0.1) is 58.6 Å². The fourth-order valence-corrected chi connectivity index (χ4v) is 18.0. The van der Waals surface area contributed by atoms with Gasteiger partial charge in [0.2, 0.25) is 0 Å². The molecule has 726 valence electrons. The van der Waals surface area contributed by atoms with Crippen LogP contribution in [0.2, 0.25) is 0 Å². The molecule has 2 saturated heterocycles. The van der Waals surface area contributed by atoms with Gasteiger partial charge in [-0.05, 0) is 283 Å². The SMILES string of the molecule is CC(C)(C)OC(=O)OC(=O)OC(C)(C)C.ClCCl.Fc1ccc2c(c1)C(Cl)COC2C1CCCC1.Fc1ccc2c(c1)C(Cl)COC2[C@@H]1CCCN1.Fc1ccc2c(c1)C(F)COC2C1CCCC1.Fc1ccc2c(c1)C(F)COC2[C@@H]1CCCN1.O=CC1CCCC1.O=S(=O)(O)C(F)(F)F.OC1COC(C2CCCC2)c2ccc(F)cc21.OCC(Cl)c1cccc(F)c1.[Na+].[OH-]. The maximum Gasteiger partial charge on any atom is 1.00 e. The Labute approximate surface area is 807 Å². The Morgan fingerprint density at radius 3 is 1.11 bits per heavy atom. The minimum atomic E-state index is -5.84. The number of hydrogen-bond acceptors (Lipinski definition) is 18. The molecule has 0 bridgehead atoms. The van der Waals surface area contributed by atoms with Crippen LogP contribution in [-0.4, -0.2) is 134 Å². The Hall–Kier alpha value is -5.08. The summed E-state index contributed by atoms with van der Waals surface area (Å²) in [5, 5.41) is 24.5. The average molecular weight is 1990 g/mol. The molecule has 0 amide bonds. The zero-order valence-electron chi connectivity index (χ0n) is 74.4. The van der Waals surface area contributed by atoms with Crippen LogP contribution in [0.25, 0.3) is 0 Å². The van der Waals surface area contributed by atoms with E-state index in [1.54, 1.807) is 77.9 Å². The Bertz CT molecular complexity index is 4110. The molecule has 6 N–H and O–H groups in total. The van der Waals surface area contributed by atoms with Gasteiger partial charge in [-0.25, -0.2) is 44.7 Å². The van der Waals surface area contributed by atoms with Gasteiger partial charge in [-0.1, -0.05) is 93.8 Å². The van der Waals surface area contributed by atoms with Crippen LogP contribution in [0.3, 0.4) is 0 Å². The molecule has 6 aromatic carbocycles. The molecule has 131 heavy (non-hydrogen) atoms. The number of hydrogen-bond donors (Lipinski definition) is 5. The minimum Gasteiger partial charge on any atom is -0.870 e. The number of ether oxygens (including phenoxy) is 8. The first-order valence-corrected chi connectivity index (χ1v) is 47.4. The fourth-order valence-electron chi connectivity index (χ4n) is 17.3. The monoisotopic (exact) mass is 1990 g/mol. The van der Waals surface area contributed by atoms with Gasteiger partial charge in [-0.3, -0.25) is 4.55 Å². The molecule has 6 aromatic rings. The summed E-state index contributed by atoms with van der Waals surface area (Å²) < 4.78 is 206. The molecule has 7 heterocycles. The standard InChI is InChI=1S/C14H16ClFO.C14H16F2O.C14H17FO2.C13H15ClFNO.C13H15F2NO.C10H18O5.C8H8ClFO.C6H10O.CH2Cl2.CHF3O3S.Na.H2O/c15-13-8-17-14(9-3-1-2-4-9)11-6-5-10(16)7-12(11)13;2*15-10-5-6-11-12(7-10)13(16)8-17-14(11)9-3-1-2-4-9;14-11-7-17-13(12-2-1-5-16-12)9-4-3-8(15)6-10(9)11;14-8-3-4-9-10(6-8)11(15)7-17-13(9)12-2-1-5-16-12;1-9(2,3)14-7(11)13-8(12)15-10(4,5)6;9-8(5-11)6-2-1-3-7(10)4-6;7-5-6-3-1-2-4-6;2-1-3;2-1(3,4)8(5,6)7;;/h2*5-7,9,13-14H,1-4,8H2;5-7,9,13-14,16H,1-4,8H2;2*3-4,6,11-13,16H,1-2,5,7H2;1-6H3;1-4,8,11H,5H2;5-6H,1-4H2;1H2;(H,5,6,7);;1H2/q;;;;;;;;;;+1;/p-1/t;;;2*11?,12-,13?;;;;;;;/m...00......./s1. The van der Waals surface area contributed by atoms with Crippen molar-refractivity contribution in [3.05, 3.63) is 211 Å². The largest absolute Gasteiger partial charge is 1.00 e. The Morgan fingerprint density at radius 2 is 0.779 bits per heavy atom. The van der Waals surface area contributed by atoms with Crippen molar-refractivity contribution in [2.24, 2.45) is 23.7 Å². The number of halogens is 16. The Morgan fingerprint density at radius 1 is 0.473 bits per heavy atom. The number of nitrogens with one attached hydrogen (secondary N) is 2. The molecule has 37 heteroatoms. The fraction of sp³-hybridized carbons (Fsp3) is 0.585. The number of carbonyl (C=O) groups excluding carboxylic acids is 3. The molecular formula is C94H119Cl5F11N2NaO17S. The van der Waals surface area contributed by atoms with Gasteiger partial charge >= 0.3 is 57.5 Å². The molecule has 11 aliphatic rings. The number of rotatable bonds is 8. The first kappa shape index (κ1) is 115. The molecule has 4 saturated carbocycles. The maximum absolute atomic E-state index is 13.7. The van der Waals surface area contributed by atoms with E-state index in [1.165, 1.54) is 150 Å². The molecule has 19 nitrogen and oxygen atoms in total. The normalized spacial score (nSPS) is 24.5. The second-order valence-electron chi connectivity index (χ2n) is 35.0. The average Bonchev–Trinajstić information content (AvgIpc) is 1.53. The van der Waals surface area contributed by atoms with Crippen molar-refractivity contribution in [2.45, 2.75) is 264 Å². The van der Waals surface area contributed by atoms with Gasteiger partial charge in [0.25, 0.3) is 0 Å². The van der Waals surface area contributed by atoms with Crippen LogP contribution in [0.5, 0.6) is 0 Å². The summed E-state index contributed by atoms with van der Waals surface area (Å²) in [6, 6.07) is 29.7. The van der Waals surface area contributed by atoms with Gasteiger partial charge in [0.1, 0.15) is 70.8 Å². The zero-order valence-corrected chi connectivity index (χ0v) is 81.0. The third-order valence-electron chi connectivity index (χ3n) is 23.2. The van der Waals surface area contributed by atoms with Crippen molar-refractivity contribution in [1.82, 2.24) is 10.6 Å². The van der Waals surface area contributed by atoms with Crippen molar-refractivity contribution in [1.29, 1.82) is 0 Å². The summed E-state index contributed by atoms with van der Waals surface area (Å²) in [5.41, 5.74) is 1.93. The molecule has 4 aliphatic carbocycles. The van der Waals surface area contributed by atoms with Gasteiger partial charge < -0.3 is 69.0 Å². The first-order chi connectivity index (χ1) is 61.1. The van der Waals surface area contributed by atoms with E-state index in [-0.39, 0.29) is 149 Å². The van der Waals surface area contributed by atoms with Crippen LogP contribution in [0.4, 0.5) is 57.9 Å². The van der Waals surface area contributed by atoms with Gasteiger partial charge in [-0.15, -0.1) is 58.0 Å². The number of aldehydes is 1. The predicted octanol–water partition coefficient (Wildman–Crippen LogP) is 22.2. The van der Waals surface area contributed by atoms with Crippen LogP contribution in [0.15, 0.2) is 115 Å². The molecule has 17 rings (SSSR count). The van der Waals surface area contributed by atoms with Crippen molar-refractivity contribution >= 4 is 86.7 Å². The molecule has 13 atom stereocenters. The van der Waals surface area contributed by atoms with E-state index in [1.807, 2.05) is 12.1 Å². The summed E-state index contributed by atoms with van der Waals surface area (Å²) in [7, 11) is -5.84. The van der Waals surface area contributed by atoms with E-state index in [0.29, 0.717) is 65.2 Å². The molecule has 11 unspecified atom stereocenters. The van der Waals surface area contributed by atoms with E-state index < -0.39 is 63.0 Å². The maximum atomic E-state index is 13.7. The van der Waals surface area contributed by atoms with Crippen molar-refractivity contribution in [3.8, 4) is 0 Å². The number of fused-ring (bicyclic) bond motifs is 5. The Balaban J connectivity index is 0.000000228. The van der Waals surface area contributed by atoms with Crippen LogP contribution in [-0.2, 0) is 52.8 Å². The van der Waals surface area contributed by atoms with Gasteiger partial charge in [0.05, 0.1) is 91.6 Å². The van der Waals surface area contributed by atoms with E-state index in [2.05, 4.69) is 15.4 Å². The third-order valence-corrected chi connectivity index (χ3v) is 24.9. The number of benzene rings is 6. The van der Waals surface area contributed by atoms with Crippen molar-refractivity contribution < 1.29 is 159 Å². The van der Waals surface area contributed by atoms with Crippen LogP contribution < -0.4 is 40.2 Å². The molecule has 0 spiro atoms.